The molecule has 2 aromatic heterocycles. The zero-order valence-corrected chi connectivity index (χ0v) is 15.4. The van der Waals surface area contributed by atoms with Gasteiger partial charge in [0.25, 0.3) is 0 Å². The molecule has 1 N–H and O–H groups in total. The van der Waals surface area contributed by atoms with Gasteiger partial charge in [-0.25, -0.2) is 4.79 Å². The van der Waals surface area contributed by atoms with Crippen LogP contribution in [0, 0.1) is 0 Å². The summed E-state index contributed by atoms with van der Waals surface area (Å²) < 4.78 is 5.47. The standard InChI is InChI=1S/C17H22ClN5O2/c1-17(2,3)25-16(24)23-8-4-5-11(10-23)20-15-12-6-7-19-9-13(12)14(18)21-22-15/h6-7,9,11H,4-5,8,10H2,1-3H3,(H,20,22)/t11-/m1/s1. The number of ether oxygens (including phenoxy) is 1. The van der Waals surface area contributed by atoms with Gasteiger partial charge in [0.1, 0.15) is 5.60 Å². The molecular weight excluding hydrogens is 342 g/mol. The molecule has 3 rings (SSSR count). The Morgan fingerprint density at radius 3 is 2.92 bits per heavy atom. The second-order valence-electron chi connectivity index (χ2n) is 7.17. The quantitative estimate of drug-likeness (QED) is 0.879. The third kappa shape index (κ3) is 4.28. The number of hydrogen-bond acceptors (Lipinski definition) is 6. The van der Waals surface area contributed by atoms with Crippen molar-refractivity contribution in [3.8, 4) is 0 Å². The molecule has 0 aromatic carbocycles. The predicted octanol–water partition coefficient (Wildman–Crippen LogP) is 3.49. The van der Waals surface area contributed by atoms with Crippen LogP contribution < -0.4 is 5.32 Å². The van der Waals surface area contributed by atoms with Crippen LogP contribution in [0.1, 0.15) is 33.6 Å². The molecule has 0 spiro atoms. The molecule has 2 aromatic rings. The number of likely N-dealkylation sites (tertiary alicyclic amines) is 1. The van der Waals surface area contributed by atoms with Crippen LogP contribution >= 0.6 is 11.6 Å². The molecule has 1 aliphatic heterocycles. The number of hydrogen-bond donors (Lipinski definition) is 1. The Labute approximate surface area is 151 Å². The summed E-state index contributed by atoms with van der Waals surface area (Å²) in [5.41, 5.74) is -0.498. The minimum atomic E-state index is -0.498. The Bertz CT molecular complexity index is 777. The first-order valence-corrected chi connectivity index (χ1v) is 8.71. The molecule has 1 amide bonds. The maximum absolute atomic E-state index is 12.3. The van der Waals surface area contributed by atoms with Crippen LogP contribution in [-0.2, 0) is 4.74 Å². The van der Waals surface area contributed by atoms with E-state index < -0.39 is 5.60 Å². The van der Waals surface area contributed by atoms with Crippen molar-refractivity contribution in [1.29, 1.82) is 0 Å². The average molecular weight is 364 g/mol. The number of rotatable bonds is 2. The number of amides is 1. The topological polar surface area (TPSA) is 80.2 Å². The lowest BCUT2D eigenvalue weighted by atomic mass is 10.1. The monoisotopic (exact) mass is 363 g/mol. The summed E-state index contributed by atoms with van der Waals surface area (Å²) in [6, 6.07) is 1.93. The highest BCUT2D eigenvalue weighted by Gasteiger charge is 2.28. The minimum Gasteiger partial charge on any atom is -0.444 e. The second-order valence-corrected chi connectivity index (χ2v) is 7.53. The zero-order chi connectivity index (χ0) is 18.0. The fraction of sp³-hybridized carbons (Fsp3) is 0.529. The SMILES string of the molecule is CC(C)(C)OC(=O)N1CCC[C@@H](Nc2nnc(Cl)c3cnccc23)C1. The lowest BCUT2D eigenvalue weighted by Gasteiger charge is -2.34. The van der Waals surface area contributed by atoms with Crippen LogP contribution in [0.3, 0.4) is 0 Å². The lowest BCUT2D eigenvalue weighted by molar-refractivity contribution is 0.0206. The first-order chi connectivity index (χ1) is 11.8. The number of carbonyl (C=O) groups excluding carboxylic acids is 1. The molecule has 25 heavy (non-hydrogen) atoms. The van der Waals surface area contributed by atoms with Gasteiger partial charge >= 0.3 is 6.09 Å². The molecule has 0 unspecified atom stereocenters. The molecule has 0 aliphatic carbocycles. The summed E-state index contributed by atoms with van der Waals surface area (Å²) in [4.78, 5) is 18.1. The number of nitrogens with zero attached hydrogens (tertiary/aromatic N) is 4. The van der Waals surface area contributed by atoms with Crippen LogP contribution in [0.15, 0.2) is 18.5 Å². The van der Waals surface area contributed by atoms with Crippen molar-refractivity contribution in [3.05, 3.63) is 23.6 Å². The number of piperidine rings is 1. The lowest BCUT2D eigenvalue weighted by Crippen LogP contribution is -2.47. The van der Waals surface area contributed by atoms with E-state index in [9.17, 15) is 4.79 Å². The van der Waals surface area contributed by atoms with E-state index in [2.05, 4.69) is 20.5 Å². The summed E-state index contributed by atoms with van der Waals surface area (Å²) >= 11 is 6.09. The van der Waals surface area contributed by atoms with Gasteiger partial charge in [0.2, 0.25) is 0 Å². The van der Waals surface area contributed by atoms with E-state index in [0.717, 1.165) is 23.6 Å². The summed E-state index contributed by atoms with van der Waals surface area (Å²) in [5.74, 6) is 0.651. The fourth-order valence-electron chi connectivity index (χ4n) is 2.85. The molecule has 8 heteroatoms. The van der Waals surface area contributed by atoms with Crippen LogP contribution in [0.2, 0.25) is 5.15 Å². The first-order valence-electron chi connectivity index (χ1n) is 8.34. The van der Waals surface area contributed by atoms with Crippen LogP contribution in [0.25, 0.3) is 10.8 Å². The van der Waals surface area contributed by atoms with Crippen molar-refractivity contribution < 1.29 is 9.53 Å². The number of aromatic nitrogens is 3. The Kier molecular flexibility index (Phi) is 4.94. The zero-order valence-electron chi connectivity index (χ0n) is 14.6. The van der Waals surface area contributed by atoms with Gasteiger partial charge in [-0.15, -0.1) is 10.2 Å². The van der Waals surface area contributed by atoms with E-state index in [-0.39, 0.29) is 12.1 Å². The second kappa shape index (κ2) is 7.00. The molecule has 0 radical (unpaired) electrons. The number of anilines is 1. The summed E-state index contributed by atoms with van der Waals surface area (Å²) in [6.45, 7) is 6.87. The number of nitrogens with one attached hydrogen (secondary N) is 1. The number of carbonyl (C=O) groups is 1. The van der Waals surface area contributed by atoms with E-state index in [0.29, 0.717) is 24.1 Å². The van der Waals surface area contributed by atoms with E-state index in [1.165, 1.54) is 0 Å². The summed E-state index contributed by atoms with van der Waals surface area (Å²) in [7, 11) is 0. The van der Waals surface area contributed by atoms with E-state index >= 15 is 0 Å². The van der Waals surface area contributed by atoms with Crippen molar-refractivity contribution in [3.63, 3.8) is 0 Å². The van der Waals surface area contributed by atoms with Gasteiger partial charge in [-0.3, -0.25) is 4.98 Å². The van der Waals surface area contributed by atoms with Gasteiger partial charge in [0.05, 0.1) is 0 Å². The van der Waals surface area contributed by atoms with Gasteiger partial charge in [-0.05, 0) is 39.7 Å². The van der Waals surface area contributed by atoms with Gasteiger partial charge in [0.15, 0.2) is 11.0 Å². The predicted molar refractivity (Wildman–Crippen MR) is 96.8 cm³/mol. The summed E-state index contributed by atoms with van der Waals surface area (Å²) in [5, 5.41) is 13.5. The molecule has 134 valence electrons. The normalized spacial score (nSPS) is 18.2. The van der Waals surface area contributed by atoms with E-state index in [1.54, 1.807) is 17.3 Å². The van der Waals surface area contributed by atoms with Crippen LogP contribution in [-0.4, -0.2) is 50.9 Å². The first kappa shape index (κ1) is 17.7. The molecular formula is C17H22ClN5O2. The smallest absolute Gasteiger partial charge is 0.410 e. The highest BCUT2D eigenvalue weighted by Crippen LogP contribution is 2.26. The molecule has 0 saturated carbocycles. The van der Waals surface area contributed by atoms with Crippen molar-refractivity contribution >= 4 is 34.3 Å². The number of fused-ring (bicyclic) bond motifs is 1. The van der Waals surface area contributed by atoms with E-state index in [4.69, 9.17) is 16.3 Å². The van der Waals surface area contributed by atoms with Crippen molar-refractivity contribution in [2.24, 2.45) is 0 Å². The third-order valence-electron chi connectivity index (χ3n) is 3.95. The van der Waals surface area contributed by atoms with E-state index in [1.807, 2.05) is 26.8 Å². The molecule has 3 heterocycles. The van der Waals surface area contributed by atoms with Gasteiger partial charge < -0.3 is 15.0 Å². The third-order valence-corrected chi connectivity index (χ3v) is 4.23. The molecule has 0 bridgehead atoms. The van der Waals surface area contributed by atoms with Gasteiger partial charge in [0, 0.05) is 42.3 Å². The average Bonchev–Trinajstić information content (AvgIpc) is 2.56. The summed E-state index contributed by atoms with van der Waals surface area (Å²) in [6.07, 6.45) is 4.92. The van der Waals surface area contributed by atoms with Crippen LogP contribution in [0.4, 0.5) is 10.6 Å². The van der Waals surface area contributed by atoms with Gasteiger partial charge in [-0.2, -0.15) is 0 Å². The highest BCUT2D eigenvalue weighted by atomic mass is 35.5. The Balaban J connectivity index is 1.73. The Hall–Kier alpha value is -2.15. The van der Waals surface area contributed by atoms with Crippen LogP contribution in [0.5, 0.6) is 0 Å². The van der Waals surface area contributed by atoms with Crippen molar-refractivity contribution in [1.82, 2.24) is 20.1 Å². The molecule has 1 fully saturated rings. The van der Waals surface area contributed by atoms with Crippen molar-refractivity contribution in [2.75, 3.05) is 18.4 Å². The Morgan fingerprint density at radius 2 is 2.16 bits per heavy atom. The fourth-order valence-corrected chi connectivity index (χ4v) is 3.04. The molecule has 1 aliphatic rings. The maximum atomic E-state index is 12.3. The maximum Gasteiger partial charge on any atom is 0.410 e. The largest absolute Gasteiger partial charge is 0.444 e. The Morgan fingerprint density at radius 1 is 1.36 bits per heavy atom. The number of pyridine rings is 1. The van der Waals surface area contributed by atoms with Gasteiger partial charge in [-0.1, -0.05) is 11.6 Å². The van der Waals surface area contributed by atoms with Crippen molar-refractivity contribution in [2.45, 2.75) is 45.3 Å². The molecule has 1 atom stereocenters. The molecule has 7 nitrogen and oxygen atoms in total. The highest BCUT2D eigenvalue weighted by molar-refractivity contribution is 6.34. The minimum absolute atomic E-state index is 0.0770. The molecule has 1 saturated heterocycles. The number of halogens is 1.